The smallest absolute Gasteiger partial charge is 0.237 e. The SMILES string of the molecule is N[C@@H](CN1CCC[C@H]1C(=O)NCc1cccc(Cl)c1)C1CCCCC1. The van der Waals surface area contributed by atoms with Crippen molar-refractivity contribution >= 4 is 17.5 Å². The maximum Gasteiger partial charge on any atom is 0.237 e. The van der Waals surface area contributed by atoms with E-state index in [9.17, 15) is 4.79 Å². The minimum absolute atomic E-state index is 0.0335. The van der Waals surface area contributed by atoms with E-state index in [1.165, 1.54) is 32.1 Å². The van der Waals surface area contributed by atoms with Gasteiger partial charge in [-0.3, -0.25) is 9.69 Å². The highest BCUT2D eigenvalue weighted by atomic mass is 35.5. The first-order valence-electron chi connectivity index (χ1n) is 9.65. The fourth-order valence-electron chi connectivity index (χ4n) is 4.28. The maximum absolute atomic E-state index is 12.6. The molecule has 1 aliphatic heterocycles. The van der Waals surface area contributed by atoms with Crippen LogP contribution in [-0.2, 0) is 11.3 Å². The monoisotopic (exact) mass is 363 g/mol. The van der Waals surface area contributed by atoms with E-state index in [0.29, 0.717) is 17.5 Å². The van der Waals surface area contributed by atoms with Crippen LogP contribution in [0.1, 0.15) is 50.5 Å². The number of carbonyl (C=O) groups excluding carboxylic acids is 1. The van der Waals surface area contributed by atoms with Crippen LogP contribution in [0.4, 0.5) is 0 Å². The molecule has 2 fully saturated rings. The van der Waals surface area contributed by atoms with Crippen molar-refractivity contribution in [2.24, 2.45) is 11.7 Å². The standard InChI is InChI=1S/C20H30ClN3O/c21-17-9-4-6-15(12-17)13-23-20(25)19-10-5-11-24(19)14-18(22)16-7-2-1-3-8-16/h4,6,9,12,16,18-19H,1-3,5,7-8,10-11,13-14,22H2,(H,23,25)/t18-,19-/m0/s1. The largest absolute Gasteiger partial charge is 0.351 e. The Hall–Kier alpha value is -1.10. The van der Waals surface area contributed by atoms with E-state index in [1.807, 2.05) is 24.3 Å². The van der Waals surface area contributed by atoms with Gasteiger partial charge in [0.2, 0.25) is 5.91 Å². The molecule has 25 heavy (non-hydrogen) atoms. The Morgan fingerprint density at radius 3 is 2.80 bits per heavy atom. The van der Waals surface area contributed by atoms with Crippen LogP contribution in [-0.4, -0.2) is 36.0 Å². The highest BCUT2D eigenvalue weighted by molar-refractivity contribution is 6.30. The summed E-state index contributed by atoms with van der Waals surface area (Å²) in [4.78, 5) is 14.9. The van der Waals surface area contributed by atoms with Crippen LogP contribution in [0.15, 0.2) is 24.3 Å². The molecule has 0 aromatic heterocycles. The number of halogens is 1. The van der Waals surface area contributed by atoms with E-state index in [0.717, 1.165) is 31.5 Å². The van der Waals surface area contributed by atoms with Gasteiger partial charge in [0.15, 0.2) is 0 Å². The molecule has 2 atom stereocenters. The van der Waals surface area contributed by atoms with Gasteiger partial charge >= 0.3 is 0 Å². The van der Waals surface area contributed by atoms with E-state index in [4.69, 9.17) is 17.3 Å². The zero-order chi connectivity index (χ0) is 17.6. The van der Waals surface area contributed by atoms with Gasteiger partial charge in [0.25, 0.3) is 0 Å². The molecule has 138 valence electrons. The molecule has 3 N–H and O–H groups in total. The highest BCUT2D eigenvalue weighted by Crippen LogP contribution is 2.27. The summed E-state index contributed by atoms with van der Waals surface area (Å²) in [6.45, 7) is 2.36. The van der Waals surface area contributed by atoms with E-state index in [1.54, 1.807) is 0 Å². The zero-order valence-corrected chi connectivity index (χ0v) is 15.7. The van der Waals surface area contributed by atoms with Crippen molar-refractivity contribution in [2.45, 2.75) is 63.6 Å². The first kappa shape index (κ1) is 18.7. The molecular weight excluding hydrogens is 334 g/mol. The summed E-state index contributed by atoms with van der Waals surface area (Å²) in [7, 11) is 0. The zero-order valence-electron chi connectivity index (χ0n) is 14.9. The topological polar surface area (TPSA) is 58.4 Å². The molecule has 1 aromatic carbocycles. The van der Waals surface area contributed by atoms with Crippen LogP contribution in [0.25, 0.3) is 0 Å². The van der Waals surface area contributed by atoms with Crippen LogP contribution in [0.2, 0.25) is 5.02 Å². The van der Waals surface area contributed by atoms with Crippen molar-refractivity contribution < 1.29 is 4.79 Å². The molecule has 1 aliphatic carbocycles. The number of amides is 1. The lowest BCUT2D eigenvalue weighted by Gasteiger charge is -2.32. The Balaban J connectivity index is 1.50. The van der Waals surface area contributed by atoms with E-state index in [2.05, 4.69) is 10.2 Å². The molecule has 4 nitrogen and oxygen atoms in total. The Kier molecular flexibility index (Phi) is 6.74. The lowest BCUT2D eigenvalue weighted by molar-refractivity contribution is -0.125. The number of hydrogen-bond acceptors (Lipinski definition) is 3. The molecule has 2 aliphatic rings. The van der Waals surface area contributed by atoms with Crippen molar-refractivity contribution in [2.75, 3.05) is 13.1 Å². The summed E-state index contributed by atoms with van der Waals surface area (Å²) in [5, 5.41) is 3.77. The molecular formula is C20H30ClN3O. The number of likely N-dealkylation sites (tertiary alicyclic amines) is 1. The van der Waals surface area contributed by atoms with Crippen LogP contribution >= 0.6 is 11.6 Å². The van der Waals surface area contributed by atoms with E-state index < -0.39 is 0 Å². The minimum atomic E-state index is -0.0335. The van der Waals surface area contributed by atoms with Crippen molar-refractivity contribution in [1.29, 1.82) is 0 Å². The Bertz CT molecular complexity index is 574. The predicted molar refractivity (Wildman–Crippen MR) is 102 cm³/mol. The maximum atomic E-state index is 12.6. The van der Waals surface area contributed by atoms with Crippen LogP contribution in [0.5, 0.6) is 0 Å². The van der Waals surface area contributed by atoms with Crippen LogP contribution in [0, 0.1) is 5.92 Å². The van der Waals surface area contributed by atoms with Crippen molar-refractivity contribution in [3.05, 3.63) is 34.9 Å². The second-order valence-electron chi connectivity index (χ2n) is 7.56. The summed E-state index contributed by atoms with van der Waals surface area (Å²) < 4.78 is 0. The molecule has 1 amide bonds. The van der Waals surface area contributed by atoms with E-state index >= 15 is 0 Å². The number of carbonyl (C=O) groups is 1. The van der Waals surface area contributed by atoms with Crippen LogP contribution < -0.4 is 11.1 Å². The number of hydrogen-bond donors (Lipinski definition) is 2. The molecule has 0 unspecified atom stereocenters. The molecule has 3 rings (SSSR count). The third kappa shape index (κ3) is 5.19. The van der Waals surface area contributed by atoms with Gasteiger partial charge in [-0.2, -0.15) is 0 Å². The second kappa shape index (κ2) is 9.02. The third-order valence-corrected chi connectivity index (χ3v) is 5.96. The molecule has 5 heteroatoms. The van der Waals surface area contributed by atoms with Crippen molar-refractivity contribution in [3.8, 4) is 0 Å². The summed E-state index contributed by atoms with van der Waals surface area (Å²) in [6.07, 6.45) is 8.47. The quantitative estimate of drug-likeness (QED) is 0.815. The summed E-state index contributed by atoms with van der Waals surface area (Å²) in [6, 6.07) is 7.80. The predicted octanol–water partition coefficient (Wildman–Crippen LogP) is 3.33. The average molecular weight is 364 g/mol. The fourth-order valence-corrected chi connectivity index (χ4v) is 4.49. The number of nitrogens with two attached hydrogens (primary N) is 1. The normalized spacial score (nSPS) is 23.5. The summed E-state index contributed by atoms with van der Waals surface area (Å²) >= 11 is 6.01. The Morgan fingerprint density at radius 1 is 1.24 bits per heavy atom. The first-order chi connectivity index (χ1) is 12.1. The third-order valence-electron chi connectivity index (χ3n) is 5.72. The molecule has 1 saturated carbocycles. The number of nitrogens with one attached hydrogen (secondary N) is 1. The molecule has 0 spiro atoms. The number of nitrogens with zero attached hydrogens (tertiary/aromatic N) is 1. The van der Waals surface area contributed by atoms with Crippen LogP contribution in [0.3, 0.4) is 0 Å². The minimum Gasteiger partial charge on any atom is -0.351 e. The van der Waals surface area contributed by atoms with Gasteiger partial charge in [0, 0.05) is 24.2 Å². The molecule has 0 bridgehead atoms. The number of benzene rings is 1. The second-order valence-corrected chi connectivity index (χ2v) is 8.00. The van der Waals surface area contributed by atoms with E-state index in [-0.39, 0.29) is 18.0 Å². The molecule has 1 heterocycles. The molecule has 1 saturated heterocycles. The first-order valence-corrected chi connectivity index (χ1v) is 10.0. The van der Waals surface area contributed by atoms with Gasteiger partial charge in [-0.25, -0.2) is 0 Å². The molecule has 0 radical (unpaired) electrons. The van der Waals surface area contributed by atoms with Gasteiger partial charge in [0.1, 0.15) is 0 Å². The van der Waals surface area contributed by atoms with Gasteiger partial charge in [-0.15, -0.1) is 0 Å². The fraction of sp³-hybridized carbons (Fsp3) is 0.650. The summed E-state index contributed by atoms with van der Waals surface area (Å²) in [5.74, 6) is 0.748. The van der Waals surface area contributed by atoms with Gasteiger partial charge in [-0.1, -0.05) is 43.0 Å². The number of rotatable bonds is 6. The van der Waals surface area contributed by atoms with Crippen molar-refractivity contribution in [1.82, 2.24) is 10.2 Å². The molecule has 1 aromatic rings. The van der Waals surface area contributed by atoms with Gasteiger partial charge < -0.3 is 11.1 Å². The summed E-state index contributed by atoms with van der Waals surface area (Å²) in [5.41, 5.74) is 7.52. The van der Waals surface area contributed by atoms with Gasteiger partial charge in [-0.05, 0) is 55.8 Å². The lowest BCUT2D eigenvalue weighted by atomic mass is 9.84. The van der Waals surface area contributed by atoms with Crippen molar-refractivity contribution in [3.63, 3.8) is 0 Å². The van der Waals surface area contributed by atoms with Gasteiger partial charge in [0.05, 0.1) is 6.04 Å². The average Bonchev–Trinajstić information content (AvgIpc) is 3.08. The Morgan fingerprint density at radius 2 is 2.04 bits per heavy atom. The Labute approximate surface area is 156 Å². The highest BCUT2D eigenvalue weighted by Gasteiger charge is 2.33. The lowest BCUT2D eigenvalue weighted by Crippen LogP contribution is -2.49.